The van der Waals surface area contributed by atoms with Crippen LogP contribution in [0.15, 0.2) is 59.2 Å². The van der Waals surface area contributed by atoms with E-state index in [0.29, 0.717) is 0 Å². The number of fused-ring (bicyclic) bond motifs is 1. The Balaban J connectivity index is 2.35. The minimum Gasteiger partial charge on any atom is -0.253 e. The zero-order valence-electron chi connectivity index (χ0n) is 15.8. The lowest BCUT2D eigenvalue weighted by molar-refractivity contribution is 0.953. The van der Waals surface area contributed by atoms with Crippen LogP contribution in [0.2, 0.25) is 0 Å². The molecule has 1 aromatic carbocycles. The second kappa shape index (κ2) is 7.61. The molecule has 0 aromatic heterocycles. The molecule has 1 aliphatic rings. The van der Waals surface area contributed by atoms with Crippen molar-refractivity contribution in [3.05, 3.63) is 70.9 Å². The van der Waals surface area contributed by atoms with Gasteiger partial charge in [0.2, 0.25) is 0 Å². The number of aliphatic imine (C=N–C) groups is 1. The number of benzene rings is 1. The third-order valence-corrected chi connectivity index (χ3v) is 4.51. The molecule has 0 N–H and O–H groups in total. The number of hydrogen-bond donors (Lipinski definition) is 0. The van der Waals surface area contributed by atoms with Crippen molar-refractivity contribution in [2.24, 2.45) is 4.99 Å². The van der Waals surface area contributed by atoms with E-state index in [9.17, 15) is 0 Å². The molecule has 0 bridgehead atoms. The normalized spacial score (nSPS) is 14.5. The fraction of sp³-hybridized carbons (Fsp3) is 0.348. The summed E-state index contributed by atoms with van der Waals surface area (Å²) in [5.41, 5.74) is 10.8. The molecule has 1 heteroatoms. The van der Waals surface area contributed by atoms with Crippen molar-refractivity contribution in [3.8, 4) is 0 Å². The second-order valence-electron chi connectivity index (χ2n) is 6.86. The zero-order chi connectivity index (χ0) is 17.9. The Kier molecular flexibility index (Phi) is 5.77. The van der Waals surface area contributed by atoms with E-state index in [-0.39, 0.29) is 0 Å². The van der Waals surface area contributed by atoms with Crippen LogP contribution in [0.3, 0.4) is 0 Å². The molecule has 1 nitrogen and oxygen atoms in total. The van der Waals surface area contributed by atoms with E-state index in [4.69, 9.17) is 4.99 Å². The third-order valence-electron chi connectivity index (χ3n) is 4.51. The Hall–Kier alpha value is -2.15. The van der Waals surface area contributed by atoms with Crippen molar-refractivity contribution < 1.29 is 0 Å². The van der Waals surface area contributed by atoms with E-state index in [2.05, 4.69) is 65.1 Å². The molecule has 0 saturated heterocycles. The van der Waals surface area contributed by atoms with Crippen molar-refractivity contribution in [1.29, 1.82) is 0 Å². The predicted molar refractivity (Wildman–Crippen MR) is 108 cm³/mol. The first-order chi connectivity index (χ1) is 11.3. The van der Waals surface area contributed by atoms with Gasteiger partial charge >= 0.3 is 0 Å². The monoisotopic (exact) mass is 319 g/mol. The molecule has 0 unspecified atom stereocenters. The maximum Gasteiger partial charge on any atom is 0.0677 e. The Morgan fingerprint density at radius 2 is 1.92 bits per heavy atom. The molecule has 0 fully saturated rings. The first-order valence-electron chi connectivity index (χ1n) is 8.75. The Morgan fingerprint density at radius 3 is 2.50 bits per heavy atom. The van der Waals surface area contributed by atoms with Crippen molar-refractivity contribution in [2.75, 3.05) is 0 Å². The van der Waals surface area contributed by atoms with Gasteiger partial charge < -0.3 is 0 Å². The van der Waals surface area contributed by atoms with Gasteiger partial charge in [-0.1, -0.05) is 55.9 Å². The maximum atomic E-state index is 4.90. The van der Waals surface area contributed by atoms with Crippen LogP contribution >= 0.6 is 0 Å². The van der Waals surface area contributed by atoms with Gasteiger partial charge in [-0.25, -0.2) is 0 Å². The highest BCUT2D eigenvalue weighted by Crippen LogP contribution is 2.34. The fourth-order valence-electron chi connectivity index (χ4n) is 2.93. The summed E-state index contributed by atoms with van der Waals surface area (Å²) in [4.78, 5) is 4.90. The molecule has 0 spiro atoms. The molecular weight excluding hydrogens is 290 g/mol. The van der Waals surface area contributed by atoms with Crippen LogP contribution in [-0.2, 0) is 6.42 Å². The van der Waals surface area contributed by atoms with E-state index < -0.39 is 0 Å². The first-order valence-corrected chi connectivity index (χ1v) is 8.75. The van der Waals surface area contributed by atoms with E-state index >= 15 is 0 Å². The third kappa shape index (κ3) is 4.03. The largest absolute Gasteiger partial charge is 0.253 e. The summed E-state index contributed by atoms with van der Waals surface area (Å²) in [7, 11) is 0. The lowest BCUT2D eigenvalue weighted by atomic mass is 9.96. The van der Waals surface area contributed by atoms with Gasteiger partial charge in [-0.05, 0) is 68.0 Å². The van der Waals surface area contributed by atoms with Crippen LogP contribution in [0.5, 0.6) is 0 Å². The first kappa shape index (κ1) is 18.2. The highest BCUT2D eigenvalue weighted by Gasteiger charge is 2.19. The summed E-state index contributed by atoms with van der Waals surface area (Å²) < 4.78 is 0. The summed E-state index contributed by atoms with van der Waals surface area (Å²) in [6.07, 6.45) is 7.66. The minimum absolute atomic E-state index is 0.914. The predicted octanol–water partition coefficient (Wildman–Crippen LogP) is 6.91. The van der Waals surface area contributed by atoms with Crippen LogP contribution < -0.4 is 0 Å². The molecule has 0 aliphatic carbocycles. The maximum absolute atomic E-state index is 4.90. The smallest absolute Gasteiger partial charge is 0.0677 e. The molecule has 0 saturated carbocycles. The highest BCUT2D eigenvalue weighted by atomic mass is 14.8. The van der Waals surface area contributed by atoms with Crippen LogP contribution in [0.25, 0.3) is 5.57 Å². The van der Waals surface area contributed by atoms with Crippen molar-refractivity contribution in [2.45, 2.75) is 53.9 Å². The highest BCUT2D eigenvalue weighted by molar-refractivity contribution is 6.06. The molecule has 2 rings (SSSR count). The minimum atomic E-state index is 0.914. The van der Waals surface area contributed by atoms with Crippen LogP contribution in [-0.4, -0.2) is 5.71 Å². The molecule has 24 heavy (non-hydrogen) atoms. The average Bonchev–Trinajstić information content (AvgIpc) is 2.95. The van der Waals surface area contributed by atoms with Gasteiger partial charge in [-0.2, -0.15) is 0 Å². The van der Waals surface area contributed by atoms with E-state index in [1.165, 1.54) is 27.8 Å². The lowest BCUT2D eigenvalue weighted by Gasteiger charge is -2.07. The van der Waals surface area contributed by atoms with E-state index in [1.807, 2.05) is 6.92 Å². The van der Waals surface area contributed by atoms with Crippen LogP contribution in [0, 0.1) is 6.92 Å². The Bertz CT molecular complexity index is 769. The van der Waals surface area contributed by atoms with Gasteiger partial charge in [-0.3, -0.25) is 4.99 Å². The summed E-state index contributed by atoms with van der Waals surface area (Å²) >= 11 is 0. The summed E-state index contributed by atoms with van der Waals surface area (Å²) in [5.74, 6) is 0. The van der Waals surface area contributed by atoms with E-state index in [1.54, 1.807) is 0 Å². The molecule has 0 radical (unpaired) electrons. The number of allylic oxidation sites excluding steroid dienone is 6. The molecule has 126 valence electrons. The standard InChI is InChI=1S/C23H29N/c1-8-9-10-19(15(2)3)12-18(7)22-14-21-17(6)11-20(16(4)5)13-23(21)24-22/h10-13H,2,4,8-9,14H2,1,3,5-7H3/b18-12+,19-10-. The Morgan fingerprint density at radius 1 is 1.21 bits per heavy atom. The SMILES string of the molecule is C=C(C)C(=C\CCC)/C=C(\C)C1=Nc2cc(C(=C)C)cc(C)c2C1. The van der Waals surface area contributed by atoms with Gasteiger partial charge in [0.1, 0.15) is 0 Å². The second-order valence-corrected chi connectivity index (χ2v) is 6.86. The quantitative estimate of drug-likeness (QED) is 0.505. The van der Waals surface area contributed by atoms with Crippen molar-refractivity contribution in [3.63, 3.8) is 0 Å². The summed E-state index contributed by atoms with van der Waals surface area (Å²) in [6, 6.07) is 4.39. The molecule has 0 atom stereocenters. The Labute approximate surface area is 147 Å². The molecular formula is C23H29N. The van der Waals surface area contributed by atoms with Gasteiger partial charge in [-0.15, -0.1) is 0 Å². The number of unbranched alkanes of at least 4 members (excludes halogenated alkanes) is 1. The van der Waals surface area contributed by atoms with E-state index in [0.717, 1.165) is 41.8 Å². The van der Waals surface area contributed by atoms with Crippen molar-refractivity contribution in [1.82, 2.24) is 0 Å². The fourth-order valence-corrected chi connectivity index (χ4v) is 2.93. The molecule has 0 amide bonds. The van der Waals surface area contributed by atoms with Crippen LogP contribution in [0.1, 0.15) is 57.2 Å². The average molecular weight is 319 g/mol. The molecule has 1 aromatic rings. The number of hydrogen-bond acceptors (Lipinski definition) is 1. The zero-order valence-corrected chi connectivity index (χ0v) is 15.8. The molecule has 1 aliphatic heterocycles. The number of aryl methyl sites for hydroxylation is 1. The summed E-state index contributed by atoms with van der Waals surface area (Å²) in [5, 5.41) is 0. The topological polar surface area (TPSA) is 12.4 Å². The summed E-state index contributed by atoms with van der Waals surface area (Å²) in [6.45, 7) is 18.8. The molecule has 1 heterocycles. The van der Waals surface area contributed by atoms with Gasteiger partial charge in [0.05, 0.1) is 5.69 Å². The number of rotatable bonds is 6. The van der Waals surface area contributed by atoms with Crippen LogP contribution in [0.4, 0.5) is 5.69 Å². The van der Waals surface area contributed by atoms with Gasteiger partial charge in [0.15, 0.2) is 0 Å². The van der Waals surface area contributed by atoms with Crippen molar-refractivity contribution >= 4 is 17.0 Å². The van der Waals surface area contributed by atoms with Gasteiger partial charge in [0.25, 0.3) is 0 Å². The number of nitrogens with zero attached hydrogens (tertiary/aromatic N) is 1. The lowest BCUT2D eigenvalue weighted by Crippen LogP contribution is -2.01. The van der Waals surface area contributed by atoms with Gasteiger partial charge in [0, 0.05) is 12.1 Å².